The lowest BCUT2D eigenvalue weighted by Gasteiger charge is -2.27. The normalized spacial score (nSPS) is 16.5. The molecule has 2 aromatic rings. The highest BCUT2D eigenvalue weighted by atomic mass is 16.6. The van der Waals surface area contributed by atoms with Crippen LogP contribution in [-0.4, -0.2) is 48.6 Å². The minimum Gasteiger partial charge on any atom is -0.486 e. The zero-order chi connectivity index (χ0) is 20.1. The number of nitro groups is 1. The Kier molecular flexibility index (Phi) is 6.10. The molecule has 1 amide bonds. The first kappa shape index (κ1) is 19.6. The fourth-order valence-electron chi connectivity index (χ4n) is 2.96. The van der Waals surface area contributed by atoms with E-state index in [0.29, 0.717) is 24.7 Å². The van der Waals surface area contributed by atoms with E-state index >= 15 is 0 Å². The van der Waals surface area contributed by atoms with Crippen molar-refractivity contribution in [1.29, 1.82) is 0 Å². The molecular formula is C20H23N3O5. The molecule has 0 aliphatic carbocycles. The summed E-state index contributed by atoms with van der Waals surface area (Å²) in [5.41, 5.74) is 0.821. The van der Waals surface area contributed by atoms with Crippen molar-refractivity contribution in [2.24, 2.45) is 0 Å². The standard InChI is InChI=1S/C20H23N3O5/c1-14(15-6-5-7-16(10-15)23(25)26)22(2)12-20(24)21-11-17-13-27-18-8-3-4-9-19(18)28-17/h3-10,14,17H,11-13H2,1-2H3,(H,21,24)/t14-,17+/m1/s1. The number of carbonyl (C=O) groups excluding carboxylic acids is 1. The number of non-ortho nitro benzene ring substituents is 1. The number of ether oxygens (including phenoxy) is 2. The van der Waals surface area contributed by atoms with Crippen molar-refractivity contribution in [3.63, 3.8) is 0 Å². The van der Waals surface area contributed by atoms with Gasteiger partial charge in [0.25, 0.3) is 5.69 Å². The van der Waals surface area contributed by atoms with Crippen LogP contribution in [0.4, 0.5) is 5.69 Å². The number of nitrogens with zero attached hydrogens (tertiary/aromatic N) is 2. The molecule has 0 saturated heterocycles. The second kappa shape index (κ2) is 8.71. The van der Waals surface area contributed by atoms with Crippen LogP contribution in [0.25, 0.3) is 0 Å². The molecule has 28 heavy (non-hydrogen) atoms. The third-order valence-electron chi connectivity index (χ3n) is 4.71. The van der Waals surface area contributed by atoms with Crippen molar-refractivity contribution < 1.29 is 19.2 Å². The van der Waals surface area contributed by atoms with Gasteiger partial charge >= 0.3 is 0 Å². The zero-order valence-corrected chi connectivity index (χ0v) is 15.8. The van der Waals surface area contributed by atoms with Crippen molar-refractivity contribution in [2.45, 2.75) is 19.1 Å². The number of nitrogens with one attached hydrogen (secondary N) is 1. The largest absolute Gasteiger partial charge is 0.486 e. The summed E-state index contributed by atoms with van der Waals surface area (Å²) >= 11 is 0. The maximum atomic E-state index is 12.3. The van der Waals surface area contributed by atoms with Gasteiger partial charge in [-0.2, -0.15) is 0 Å². The molecule has 0 bridgehead atoms. The summed E-state index contributed by atoms with van der Waals surface area (Å²) in [6.07, 6.45) is -0.252. The number of rotatable bonds is 7. The molecule has 8 heteroatoms. The Morgan fingerprint density at radius 3 is 2.79 bits per heavy atom. The van der Waals surface area contributed by atoms with Crippen molar-refractivity contribution in [2.75, 3.05) is 26.7 Å². The van der Waals surface area contributed by atoms with Gasteiger partial charge in [0, 0.05) is 18.2 Å². The van der Waals surface area contributed by atoms with E-state index in [0.717, 1.165) is 5.56 Å². The van der Waals surface area contributed by atoms with E-state index in [2.05, 4.69) is 5.32 Å². The first-order chi connectivity index (χ1) is 13.4. The molecular weight excluding hydrogens is 362 g/mol. The quantitative estimate of drug-likeness (QED) is 0.581. The van der Waals surface area contributed by atoms with Crippen molar-refractivity contribution >= 4 is 11.6 Å². The minimum absolute atomic E-state index is 0.0388. The fourth-order valence-corrected chi connectivity index (χ4v) is 2.96. The summed E-state index contributed by atoms with van der Waals surface area (Å²) in [7, 11) is 1.81. The van der Waals surface area contributed by atoms with Gasteiger partial charge in [0.05, 0.1) is 18.0 Å². The van der Waals surface area contributed by atoms with Crippen LogP contribution < -0.4 is 14.8 Å². The average Bonchev–Trinajstić information content (AvgIpc) is 2.71. The molecule has 0 spiro atoms. The Morgan fingerprint density at radius 2 is 2.04 bits per heavy atom. The van der Waals surface area contributed by atoms with Gasteiger partial charge in [0.2, 0.25) is 5.91 Å². The second-order valence-electron chi connectivity index (χ2n) is 6.74. The predicted molar refractivity (Wildman–Crippen MR) is 104 cm³/mol. The van der Waals surface area contributed by atoms with Gasteiger partial charge in [-0.05, 0) is 31.7 Å². The first-order valence-electron chi connectivity index (χ1n) is 9.04. The summed E-state index contributed by atoms with van der Waals surface area (Å²) in [5.74, 6) is 1.22. The molecule has 1 aliphatic heterocycles. The highest BCUT2D eigenvalue weighted by Gasteiger charge is 2.22. The summed E-state index contributed by atoms with van der Waals surface area (Å²) in [6.45, 7) is 2.78. The highest BCUT2D eigenvalue weighted by Crippen LogP contribution is 2.30. The van der Waals surface area contributed by atoms with E-state index in [4.69, 9.17) is 9.47 Å². The number of amides is 1. The number of hydrogen-bond acceptors (Lipinski definition) is 6. The lowest BCUT2D eigenvalue weighted by atomic mass is 10.1. The summed E-state index contributed by atoms with van der Waals surface area (Å²) < 4.78 is 11.5. The van der Waals surface area contributed by atoms with Crippen LogP contribution in [0, 0.1) is 10.1 Å². The number of nitro benzene ring substituents is 1. The Hall–Kier alpha value is -3.13. The van der Waals surface area contributed by atoms with Crippen molar-refractivity contribution in [3.8, 4) is 11.5 Å². The van der Waals surface area contributed by atoms with Gasteiger partial charge < -0.3 is 14.8 Å². The predicted octanol–water partition coefficient (Wildman–Crippen LogP) is 2.54. The molecule has 2 aromatic carbocycles. The molecule has 2 atom stereocenters. The first-order valence-corrected chi connectivity index (χ1v) is 9.04. The maximum Gasteiger partial charge on any atom is 0.269 e. The Balaban J connectivity index is 1.49. The van der Waals surface area contributed by atoms with E-state index in [-0.39, 0.29) is 30.3 Å². The SMILES string of the molecule is C[C@H](c1cccc([N+](=O)[O-])c1)N(C)CC(=O)NC[C@H]1COc2ccccc2O1. The van der Waals surface area contributed by atoms with E-state index in [9.17, 15) is 14.9 Å². The van der Waals surface area contributed by atoms with Gasteiger partial charge in [0.1, 0.15) is 12.7 Å². The van der Waals surface area contributed by atoms with Gasteiger partial charge in [-0.1, -0.05) is 24.3 Å². The number of likely N-dealkylation sites (N-methyl/N-ethyl adjacent to an activating group) is 1. The van der Waals surface area contributed by atoms with Crippen LogP contribution in [0.1, 0.15) is 18.5 Å². The third kappa shape index (κ3) is 4.77. The number of hydrogen-bond donors (Lipinski definition) is 1. The monoisotopic (exact) mass is 385 g/mol. The van der Waals surface area contributed by atoms with Crippen LogP contribution >= 0.6 is 0 Å². The lowest BCUT2D eigenvalue weighted by Crippen LogP contribution is -2.44. The van der Waals surface area contributed by atoms with Crippen LogP contribution in [0.15, 0.2) is 48.5 Å². The Bertz CT molecular complexity index is 857. The minimum atomic E-state index is -0.423. The van der Waals surface area contributed by atoms with Crippen LogP contribution in [-0.2, 0) is 4.79 Å². The van der Waals surface area contributed by atoms with Crippen LogP contribution in [0.3, 0.4) is 0 Å². The smallest absolute Gasteiger partial charge is 0.269 e. The van der Waals surface area contributed by atoms with Gasteiger partial charge in [-0.3, -0.25) is 19.8 Å². The lowest BCUT2D eigenvalue weighted by molar-refractivity contribution is -0.384. The number of carbonyl (C=O) groups is 1. The van der Waals surface area contributed by atoms with Gasteiger partial charge in [0.15, 0.2) is 11.5 Å². The maximum absolute atomic E-state index is 12.3. The average molecular weight is 385 g/mol. The van der Waals surface area contributed by atoms with E-state index in [1.165, 1.54) is 12.1 Å². The van der Waals surface area contributed by atoms with E-state index < -0.39 is 4.92 Å². The molecule has 0 fully saturated rings. The highest BCUT2D eigenvalue weighted by molar-refractivity contribution is 5.78. The van der Waals surface area contributed by atoms with E-state index in [1.807, 2.05) is 42.2 Å². The molecule has 1 heterocycles. The summed E-state index contributed by atoms with van der Waals surface area (Å²) in [5, 5.41) is 13.8. The topological polar surface area (TPSA) is 93.9 Å². The number of fused-ring (bicyclic) bond motifs is 1. The van der Waals surface area contributed by atoms with Crippen molar-refractivity contribution in [1.82, 2.24) is 10.2 Å². The van der Waals surface area contributed by atoms with Crippen molar-refractivity contribution in [3.05, 3.63) is 64.2 Å². The molecule has 1 N–H and O–H groups in total. The second-order valence-corrected chi connectivity index (χ2v) is 6.74. The number of para-hydroxylation sites is 2. The Morgan fingerprint density at radius 1 is 1.29 bits per heavy atom. The third-order valence-corrected chi connectivity index (χ3v) is 4.71. The van der Waals surface area contributed by atoms with Crippen LogP contribution in [0.2, 0.25) is 0 Å². The molecule has 0 unspecified atom stereocenters. The molecule has 0 aromatic heterocycles. The number of benzene rings is 2. The van der Waals surface area contributed by atoms with Crippen LogP contribution in [0.5, 0.6) is 11.5 Å². The molecule has 8 nitrogen and oxygen atoms in total. The molecule has 0 radical (unpaired) electrons. The Labute approximate surface area is 163 Å². The van der Waals surface area contributed by atoms with Gasteiger partial charge in [-0.25, -0.2) is 0 Å². The summed E-state index contributed by atoms with van der Waals surface area (Å²) in [6, 6.07) is 13.7. The fraction of sp³-hybridized carbons (Fsp3) is 0.350. The zero-order valence-electron chi connectivity index (χ0n) is 15.8. The van der Waals surface area contributed by atoms with Gasteiger partial charge in [-0.15, -0.1) is 0 Å². The van der Waals surface area contributed by atoms with E-state index in [1.54, 1.807) is 13.1 Å². The molecule has 0 saturated carbocycles. The summed E-state index contributed by atoms with van der Waals surface area (Å²) in [4.78, 5) is 24.6. The molecule has 3 rings (SSSR count). The molecule has 1 aliphatic rings. The molecule has 148 valence electrons.